The molecule has 0 bridgehead atoms. The van der Waals surface area contributed by atoms with Gasteiger partial charge < -0.3 is 0 Å². The normalized spacial score (nSPS) is 50.5. The van der Waals surface area contributed by atoms with Crippen LogP contribution in [0.1, 0.15) is 32.1 Å². The maximum Gasteiger partial charge on any atom is 0.287 e. The lowest BCUT2D eigenvalue weighted by Gasteiger charge is -2.34. The molecule has 0 aliphatic heterocycles. The molecule has 2 fully saturated rings. The van der Waals surface area contributed by atoms with Crippen LogP contribution in [0.5, 0.6) is 0 Å². The fraction of sp³-hybridized carbons (Fsp3) is 1.00. The van der Waals surface area contributed by atoms with Gasteiger partial charge in [-0.1, -0.05) is 9.24 Å². The van der Waals surface area contributed by atoms with Crippen LogP contribution in [0.25, 0.3) is 0 Å². The summed E-state index contributed by atoms with van der Waals surface area (Å²) in [6, 6.07) is 0. The molecule has 2 aliphatic rings. The van der Waals surface area contributed by atoms with Crippen molar-refractivity contribution < 1.29 is 22.0 Å². The van der Waals surface area contributed by atoms with Gasteiger partial charge in [0.25, 0.3) is 5.92 Å². The summed E-state index contributed by atoms with van der Waals surface area (Å²) in [6.07, 6.45) is -4.03. The lowest BCUT2D eigenvalue weighted by atomic mass is 9.75. The summed E-state index contributed by atoms with van der Waals surface area (Å²) in [7, 11) is 1.53. The second-order valence-electron chi connectivity index (χ2n) is 5.33. The zero-order valence-corrected chi connectivity index (χ0v) is 10.5. The molecular weight excluding hydrogens is 258 g/mol. The van der Waals surface area contributed by atoms with Crippen LogP contribution in [-0.2, 0) is 0 Å². The van der Waals surface area contributed by atoms with Crippen molar-refractivity contribution in [1.29, 1.82) is 0 Å². The first-order chi connectivity index (χ1) is 7.73. The van der Waals surface area contributed by atoms with Gasteiger partial charge in [0.2, 0.25) is 0 Å². The number of halogens is 5. The van der Waals surface area contributed by atoms with Crippen LogP contribution in [0.15, 0.2) is 0 Å². The fourth-order valence-electron chi connectivity index (χ4n) is 3.01. The van der Waals surface area contributed by atoms with Gasteiger partial charge in [0, 0.05) is 6.42 Å². The maximum atomic E-state index is 13.9. The minimum Gasteiger partial charge on any atom is -0.247 e. The summed E-state index contributed by atoms with van der Waals surface area (Å²) >= 11 is 0. The molecule has 2 rings (SSSR count). The zero-order valence-electron chi connectivity index (χ0n) is 9.31. The Balaban J connectivity index is 2.24. The van der Waals surface area contributed by atoms with Gasteiger partial charge in [-0.25, -0.2) is 22.0 Å². The third-order valence-corrected chi connectivity index (χ3v) is 4.73. The van der Waals surface area contributed by atoms with Crippen molar-refractivity contribution in [3.8, 4) is 0 Å². The van der Waals surface area contributed by atoms with Crippen molar-refractivity contribution >= 4 is 9.24 Å². The van der Waals surface area contributed by atoms with Crippen LogP contribution in [0.3, 0.4) is 0 Å². The standard InChI is InChI=1S/C11H16F5P/c12-7-2-1-6-4-11(16,17)10(14,15)5-9(13)8(6)3-7/h6-9H,1-5,17H2. The highest BCUT2D eigenvalue weighted by molar-refractivity contribution is 7.18. The van der Waals surface area contributed by atoms with E-state index < -0.39 is 48.4 Å². The highest BCUT2D eigenvalue weighted by atomic mass is 31.0. The third-order valence-electron chi connectivity index (χ3n) is 4.07. The average Bonchev–Trinajstić information content (AvgIpc) is 2.24. The van der Waals surface area contributed by atoms with E-state index in [1.54, 1.807) is 0 Å². The minimum absolute atomic E-state index is 0.0529. The van der Waals surface area contributed by atoms with E-state index in [2.05, 4.69) is 0 Å². The average molecular weight is 274 g/mol. The van der Waals surface area contributed by atoms with Crippen molar-refractivity contribution in [2.75, 3.05) is 0 Å². The van der Waals surface area contributed by atoms with Gasteiger partial charge in [0.05, 0.1) is 0 Å². The zero-order chi connectivity index (χ0) is 12.8. The van der Waals surface area contributed by atoms with Crippen LogP contribution in [0.2, 0.25) is 0 Å². The predicted octanol–water partition coefficient (Wildman–Crippen LogP) is 4.05. The number of alkyl halides is 5. The van der Waals surface area contributed by atoms with Crippen LogP contribution < -0.4 is 0 Å². The van der Waals surface area contributed by atoms with Gasteiger partial charge in [-0.05, 0) is 37.5 Å². The van der Waals surface area contributed by atoms with E-state index in [-0.39, 0.29) is 12.8 Å². The quantitative estimate of drug-likeness (QED) is 0.462. The Bertz CT molecular complexity index is 294. The van der Waals surface area contributed by atoms with Crippen molar-refractivity contribution in [3.05, 3.63) is 0 Å². The molecule has 6 atom stereocenters. The van der Waals surface area contributed by atoms with Crippen molar-refractivity contribution in [3.63, 3.8) is 0 Å². The summed E-state index contributed by atoms with van der Waals surface area (Å²) in [5, 5.41) is -2.76. The summed E-state index contributed by atoms with van der Waals surface area (Å²) in [6.45, 7) is 0. The van der Waals surface area contributed by atoms with Crippen LogP contribution in [0, 0.1) is 11.8 Å². The second-order valence-corrected chi connectivity index (χ2v) is 6.24. The number of rotatable bonds is 0. The largest absolute Gasteiger partial charge is 0.287 e. The van der Waals surface area contributed by atoms with Crippen LogP contribution in [-0.4, -0.2) is 23.7 Å². The van der Waals surface area contributed by atoms with Crippen molar-refractivity contribution in [1.82, 2.24) is 0 Å². The molecule has 0 saturated heterocycles. The first kappa shape index (κ1) is 13.5. The predicted molar refractivity (Wildman–Crippen MR) is 58.4 cm³/mol. The first-order valence-corrected chi connectivity index (χ1v) is 6.44. The Morgan fingerprint density at radius 3 is 2.29 bits per heavy atom. The minimum atomic E-state index is -3.69. The first-order valence-electron chi connectivity index (χ1n) is 5.87. The molecule has 2 aliphatic carbocycles. The van der Waals surface area contributed by atoms with Gasteiger partial charge in [0.1, 0.15) is 12.3 Å². The monoisotopic (exact) mass is 274 g/mol. The van der Waals surface area contributed by atoms with E-state index in [1.807, 2.05) is 0 Å². The van der Waals surface area contributed by atoms with Crippen molar-refractivity contribution in [2.24, 2.45) is 11.8 Å². The Hall–Kier alpha value is 0.0800. The van der Waals surface area contributed by atoms with Crippen LogP contribution in [0.4, 0.5) is 22.0 Å². The smallest absolute Gasteiger partial charge is 0.247 e. The molecule has 0 spiro atoms. The molecule has 0 aromatic carbocycles. The molecule has 100 valence electrons. The highest BCUT2D eigenvalue weighted by Crippen LogP contribution is 2.54. The maximum absolute atomic E-state index is 13.9. The Labute approximate surface area is 99.5 Å². The topological polar surface area (TPSA) is 0 Å². The Kier molecular flexibility index (Phi) is 3.44. The van der Waals surface area contributed by atoms with Gasteiger partial charge in [-0.2, -0.15) is 0 Å². The molecule has 2 saturated carbocycles. The van der Waals surface area contributed by atoms with E-state index >= 15 is 0 Å². The molecule has 0 aromatic rings. The lowest BCUT2D eigenvalue weighted by molar-refractivity contribution is -0.106. The molecule has 0 N–H and O–H groups in total. The van der Waals surface area contributed by atoms with E-state index in [1.165, 1.54) is 9.24 Å². The molecular formula is C11H16F5P. The van der Waals surface area contributed by atoms with E-state index in [4.69, 9.17) is 0 Å². The molecule has 6 heteroatoms. The Morgan fingerprint density at radius 1 is 1.00 bits per heavy atom. The van der Waals surface area contributed by atoms with E-state index in [9.17, 15) is 22.0 Å². The second kappa shape index (κ2) is 4.32. The van der Waals surface area contributed by atoms with Gasteiger partial charge in [-0.3, -0.25) is 0 Å². The van der Waals surface area contributed by atoms with Gasteiger partial charge in [0.15, 0.2) is 5.41 Å². The summed E-state index contributed by atoms with van der Waals surface area (Å²) < 4.78 is 67.9. The molecule has 6 unspecified atom stereocenters. The molecule has 0 amide bonds. The van der Waals surface area contributed by atoms with E-state index in [0.29, 0.717) is 6.42 Å². The molecule has 17 heavy (non-hydrogen) atoms. The lowest BCUT2D eigenvalue weighted by Crippen LogP contribution is -2.39. The third kappa shape index (κ3) is 2.45. The fourth-order valence-corrected chi connectivity index (χ4v) is 3.43. The molecule has 0 aromatic heterocycles. The van der Waals surface area contributed by atoms with Crippen molar-refractivity contribution in [2.45, 2.75) is 55.8 Å². The number of hydrogen-bond donors (Lipinski definition) is 0. The summed E-state index contributed by atoms with van der Waals surface area (Å²) in [5.74, 6) is -4.93. The molecule has 0 nitrogen and oxygen atoms in total. The van der Waals surface area contributed by atoms with Gasteiger partial charge in [-0.15, -0.1) is 0 Å². The van der Waals surface area contributed by atoms with Gasteiger partial charge >= 0.3 is 0 Å². The highest BCUT2D eigenvalue weighted by Gasteiger charge is 2.58. The Morgan fingerprint density at radius 2 is 1.65 bits per heavy atom. The molecule has 0 radical (unpaired) electrons. The van der Waals surface area contributed by atoms with Crippen LogP contribution >= 0.6 is 9.24 Å². The molecule has 0 heterocycles. The number of fused-ring (bicyclic) bond motifs is 1. The SMILES string of the molecule is FC1CCC2CC(F)(P)C(F)(F)CC(F)C2C1. The number of hydrogen-bond acceptors (Lipinski definition) is 0. The summed E-state index contributed by atoms with van der Waals surface area (Å²) in [4.78, 5) is 0. The summed E-state index contributed by atoms with van der Waals surface area (Å²) in [5.41, 5.74) is 0. The van der Waals surface area contributed by atoms with E-state index in [0.717, 1.165) is 0 Å².